The van der Waals surface area contributed by atoms with Crippen molar-refractivity contribution >= 4 is 17.2 Å². The highest BCUT2D eigenvalue weighted by atomic mass is 19.2. The van der Waals surface area contributed by atoms with Crippen LogP contribution in [0.5, 0.6) is 0 Å². The maximum atomic E-state index is 13.1. The first-order valence-corrected chi connectivity index (χ1v) is 6.30. The van der Waals surface area contributed by atoms with Crippen molar-refractivity contribution in [2.24, 2.45) is 0 Å². The minimum absolute atomic E-state index is 0.0956. The fraction of sp³-hybridized carbons (Fsp3) is 0.0714. The molecule has 1 aromatic carbocycles. The van der Waals surface area contributed by atoms with Crippen molar-refractivity contribution in [3.63, 3.8) is 0 Å². The molecule has 0 spiro atoms. The molecule has 2 aromatic heterocycles. The van der Waals surface area contributed by atoms with Crippen molar-refractivity contribution < 1.29 is 13.6 Å². The molecule has 0 unspecified atom stereocenters. The van der Waals surface area contributed by atoms with Gasteiger partial charge >= 0.3 is 0 Å². The summed E-state index contributed by atoms with van der Waals surface area (Å²) in [5, 5.41) is 5.04. The Morgan fingerprint density at radius 3 is 2.77 bits per heavy atom. The van der Waals surface area contributed by atoms with E-state index in [0.29, 0.717) is 5.69 Å². The highest BCUT2D eigenvalue weighted by Gasteiger charge is 2.15. The number of benzene rings is 1. The van der Waals surface area contributed by atoms with E-state index in [-0.39, 0.29) is 22.5 Å². The van der Waals surface area contributed by atoms with Crippen LogP contribution in [0.25, 0.3) is 5.65 Å². The molecule has 2 N–H and O–H groups in total. The van der Waals surface area contributed by atoms with Crippen LogP contribution in [0.2, 0.25) is 0 Å². The number of hydrogen-bond acceptors (Lipinski definition) is 3. The van der Waals surface area contributed by atoms with Crippen LogP contribution in [0.4, 0.5) is 14.5 Å². The number of hydrogen-bond donors (Lipinski definition) is 2. The second kappa shape index (κ2) is 5.06. The maximum Gasteiger partial charge on any atom is 0.272 e. The normalized spacial score (nSPS) is 10.9. The summed E-state index contributed by atoms with van der Waals surface area (Å²) in [7, 11) is 0. The Morgan fingerprint density at radius 1 is 1.27 bits per heavy atom. The quantitative estimate of drug-likeness (QED) is 0.758. The summed E-state index contributed by atoms with van der Waals surface area (Å²) in [6.07, 6.45) is 1.32. The molecule has 0 bridgehead atoms. The zero-order valence-electron chi connectivity index (χ0n) is 11.4. The minimum atomic E-state index is -1.07. The molecule has 0 aliphatic rings. The van der Waals surface area contributed by atoms with E-state index in [1.807, 2.05) is 0 Å². The van der Waals surface area contributed by atoms with Gasteiger partial charge in [0, 0.05) is 29.7 Å². The fourth-order valence-electron chi connectivity index (χ4n) is 2.04. The molecule has 0 saturated heterocycles. The van der Waals surface area contributed by atoms with E-state index in [9.17, 15) is 18.4 Å². The summed E-state index contributed by atoms with van der Waals surface area (Å²) in [5.41, 5.74) is 0.481. The maximum absolute atomic E-state index is 13.1. The number of nitrogens with one attached hydrogen (secondary N) is 2. The molecule has 2 heterocycles. The summed E-state index contributed by atoms with van der Waals surface area (Å²) in [6.45, 7) is 1.63. The Bertz CT molecular complexity index is 946. The van der Waals surface area contributed by atoms with Gasteiger partial charge < -0.3 is 5.32 Å². The summed E-state index contributed by atoms with van der Waals surface area (Å²) in [4.78, 5) is 28.1. The van der Waals surface area contributed by atoms with Crippen LogP contribution < -0.4 is 10.9 Å². The molecule has 0 atom stereocenters. The first-order chi connectivity index (χ1) is 10.5. The number of nitrogens with zero attached hydrogens (tertiary/aromatic N) is 2. The number of rotatable bonds is 2. The number of halogens is 2. The average Bonchev–Trinajstić information content (AvgIpc) is 2.87. The van der Waals surface area contributed by atoms with E-state index in [1.54, 1.807) is 6.92 Å². The lowest BCUT2D eigenvalue weighted by atomic mass is 10.2. The van der Waals surface area contributed by atoms with Crippen molar-refractivity contribution in [3.05, 3.63) is 63.7 Å². The van der Waals surface area contributed by atoms with E-state index in [2.05, 4.69) is 15.4 Å². The predicted molar refractivity (Wildman–Crippen MR) is 74.9 cm³/mol. The molecule has 8 heteroatoms. The van der Waals surface area contributed by atoms with Crippen LogP contribution >= 0.6 is 0 Å². The van der Waals surface area contributed by atoms with Crippen LogP contribution in [0, 0.1) is 18.6 Å². The largest absolute Gasteiger partial charge is 0.322 e. The number of fused-ring (bicyclic) bond motifs is 1. The topological polar surface area (TPSA) is 79.3 Å². The van der Waals surface area contributed by atoms with Crippen LogP contribution in [-0.4, -0.2) is 20.5 Å². The number of aryl methyl sites for hydroxylation is 1. The number of amides is 1. The van der Waals surface area contributed by atoms with Gasteiger partial charge in [-0.25, -0.2) is 18.3 Å². The third kappa shape index (κ3) is 2.34. The van der Waals surface area contributed by atoms with Gasteiger partial charge in [-0.05, 0) is 19.1 Å². The van der Waals surface area contributed by atoms with Crippen molar-refractivity contribution in [2.75, 3.05) is 5.32 Å². The molecule has 0 saturated carbocycles. The SMILES string of the molecule is Cc1cc(=O)n2[nH]cc(C(=O)Nc3ccc(F)c(F)c3)c2n1. The lowest BCUT2D eigenvalue weighted by Crippen LogP contribution is -2.17. The highest BCUT2D eigenvalue weighted by Crippen LogP contribution is 2.15. The number of aromatic nitrogens is 3. The monoisotopic (exact) mass is 304 g/mol. The van der Waals surface area contributed by atoms with Gasteiger partial charge in [0.15, 0.2) is 17.3 Å². The molecular weight excluding hydrogens is 294 g/mol. The van der Waals surface area contributed by atoms with Crippen molar-refractivity contribution in [1.82, 2.24) is 14.6 Å². The van der Waals surface area contributed by atoms with Gasteiger partial charge in [0.25, 0.3) is 11.5 Å². The highest BCUT2D eigenvalue weighted by molar-refractivity contribution is 6.08. The lowest BCUT2D eigenvalue weighted by Gasteiger charge is -2.04. The van der Waals surface area contributed by atoms with E-state index >= 15 is 0 Å². The third-order valence-corrected chi connectivity index (χ3v) is 3.05. The second-order valence-corrected chi connectivity index (χ2v) is 4.66. The smallest absolute Gasteiger partial charge is 0.272 e. The number of H-pyrrole nitrogens is 1. The summed E-state index contributed by atoms with van der Waals surface area (Å²) < 4.78 is 27.1. The van der Waals surface area contributed by atoms with Crippen LogP contribution in [-0.2, 0) is 0 Å². The first-order valence-electron chi connectivity index (χ1n) is 6.30. The molecule has 0 aliphatic carbocycles. The minimum Gasteiger partial charge on any atom is -0.322 e. The van der Waals surface area contributed by atoms with E-state index in [1.165, 1.54) is 18.3 Å². The molecule has 6 nitrogen and oxygen atoms in total. The van der Waals surface area contributed by atoms with Gasteiger partial charge in [-0.3, -0.25) is 14.7 Å². The van der Waals surface area contributed by atoms with Gasteiger partial charge in [-0.2, -0.15) is 0 Å². The fourth-order valence-corrected chi connectivity index (χ4v) is 2.04. The Labute approximate surface area is 122 Å². The molecule has 0 radical (unpaired) electrons. The molecule has 22 heavy (non-hydrogen) atoms. The zero-order chi connectivity index (χ0) is 15.9. The van der Waals surface area contributed by atoms with Gasteiger partial charge in [0.1, 0.15) is 5.56 Å². The summed E-state index contributed by atoms with van der Waals surface area (Å²) >= 11 is 0. The Kier molecular flexibility index (Phi) is 3.21. The molecule has 0 fully saturated rings. The molecule has 112 valence electrons. The van der Waals surface area contributed by atoms with Gasteiger partial charge in [0.05, 0.1) is 0 Å². The van der Waals surface area contributed by atoms with Crippen molar-refractivity contribution in [1.29, 1.82) is 0 Å². The molecule has 1 amide bonds. The van der Waals surface area contributed by atoms with Gasteiger partial charge in [0.2, 0.25) is 0 Å². The number of carbonyl (C=O) groups excluding carboxylic acids is 1. The molecule has 3 aromatic rings. The molecule has 0 aliphatic heterocycles. The Balaban J connectivity index is 1.99. The van der Waals surface area contributed by atoms with Gasteiger partial charge in [-0.15, -0.1) is 0 Å². The Morgan fingerprint density at radius 2 is 2.05 bits per heavy atom. The third-order valence-electron chi connectivity index (χ3n) is 3.05. The number of anilines is 1. The van der Waals surface area contributed by atoms with E-state index in [4.69, 9.17) is 0 Å². The molecule has 3 rings (SSSR count). The van der Waals surface area contributed by atoms with E-state index < -0.39 is 17.5 Å². The zero-order valence-corrected chi connectivity index (χ0v) is 11.4. The summed E-state index contributed by atoms with van der Waals surface area (Å²) in [6, 6.07) is 4.33. The van der Waals surface area contributed by atoms with Crippen LogP contribution in [0.1, 0.15) is 16.1 Å². The van der Waals surface area contributed by atoms with Crippen LogP contribution in [0.15, 0.2) is 35.3 Å². The predicted octanol–water partition coefficient (Wildman–Crippen LogP) is 1.86. The molecular formula is C14H10F2N4O2. The second-order valence-electron chi connectivity index (χ2n) is 4.66. The van der Waals surface area contributed by atoms with Crippen molar-refractivity contribution in [2.45, 2.75) is 6.92 Å². The number of aromatic amines is 1. The van der Waals surface area contributed by atoms with Gasteiger partial charge in [-0.1, -0.05) is 0 Å². The lowest BCUT2D eigenvalue weighted by molar-refractivity contribution is 0.102. The number of carbonyl (C=O) groups is 1. The first kappa shape index (κ1) is 13.9. The average molecular weight is 304 g/mol. The Hall–Kier alpha value is -3.03. The van der Waals surface area contributed by atoms with Crippen molar-refractivity contribution in [3.8, 4) is 0 Å². The van der Waals surface area contributed by atoms with Crippen LogP contribution in [0.3, 0.4) is 0 Å². The standard InChI is InChI=1S/C14H10F2N4O2/c1-7-4-12(21)20-13(18-7)9(6-17-20)14(22)19-8-2-3-10(15)11(16)5-8/h2-6,17H,1H3,(H,19,22). The summed E-state index contributed by atoms with van der Waals surface area (Å²) in [5.74, 6) is -2.67. The van der Waals surface area contributed by atoms with E-state index in [0.717, 1.165) is 16.6 Å².